The molecule has 1 heterocycles. The lowest BCUT2D eigenvalue weighted by Gasteiger charge is -2.12. The SMILES string of the molecule is CNS(=O)(=O)c1ccccc1NCC1=NCCN1. The smallest absolute Gasteiger partial charge is 0.242 e. The van der Waals surface area contributed by atoms with Crippen LogP contribution in [0.25, 0.3) is 0 Å². The Balaban J connectivity index is 2.17. The minimum Gasteiger partial charge on any atom is -0.377 e. The average molecular weight is 268 g/mol. The van der Waals surface area contributed by atoms with Crippen LogP contribution in [0.1, 0.15) is 0 Å². The van der Waals surface area contributed by atoms with Crippen LogP contribution < -0.4 is 15.4 Å². The molecule has 1 aromatic carbocycles. The Morgan fingerprint density at radius 1 is 1.39 bits per heavy atom. The highest BCUT2D eigenvalue weighted by Crippen LogP contribution is 2.19. The quantitative estimate of drug-likeness (QED) is 0.702. The van der Waals surface area contributed by atoms with E-state index < -0.39 is 10.0 Å². The number of rotatable bonds is 5. The molecule has 1 aliphatic rings. The van der Waals surface area contributed by atoms with Gasteiger partial charge in [-0.1, -0.05) is 12.1 Å². The maximum atomic E-state index is 11.8. The number of aliphatic imine (C=N–C) groups is 1. The van der Waals surface area contributed by atoms with E-state index in [1.165, 1.54) is 7.05 Å². The fourth-order valence-electron chi connectivity index (χ4n) is 1.70. The maximum absolute atomic E-state index is 11.8. The van der Waals surface area contributed by atoms with Crippen LogP contribution in [0.3, 0.4) is 0 Å². The first-order chi connectivity index (χ1) is 8.63. The third-order valence-corrected chi connectivity index (χ3v) is 4.11. The molecule has 98 valence electrons. The van der Waals surface area contributed by atoms with Crippen LogP contribution in [0.5, 0.6) is 0 Å². The number of anilines is 1. The van der Waals surface area contributed by atoms with Gasteiger partial charge in [0, 0.05) is 6.54 Å². The van der Waals surface area contributed by atoms with Crippen molar-refractivity contribution in [3.63, 3.8) is 0 Å². The zero-order valence-corrected chi connectivity index (χ0v) is 10.9. The molecule has 2 rings (SSSR count). The van der Waals surface area contributed by atoms with Gasteiger partial charge in [0.25, 0.3) is 0 Å². The zero-order chi connectivity index (χ0) is 13.0. The van der Waals surface area contributed by atoms with Crippen LogP contribution in [0.4, 0.5) is 5.69 Å². The van der Waals surface area contributed by atoms with Crippen molar-refractivity contribution in [1.29, 1.82) is 0 Å². The van der Waals surface area contributed by atoms with Crippen LogP contribution in [0.2, 0.25) is 0 Å². The number of amidine groups is 1. The molecule has 0 spiro atoms. The fraction of sp³-hybridized carbons (Fsp3) is 0.364. The predicted molar refractivity (Wildman–Crippen MR) is 71.5 cm³/mol. The molecule has 18 heavy (non-hydrogen) atoms. The van der Waals surface area contributed by atoms with Gasteiger partial charge < -0.3 is 10.6 Å². The number of hydrogen-bond acceptors (Lipinski definition) is 5. The predicted octanol–water partition coefficient (Wildman–Crippen LogP) is 0.00830. The second-order valence-electron chi connectivity index (χ2n) is 3.81. The van der Waals surface area contributed by atoms with Crippen LogP contribution in [-0.4, -0.2) is 40.9 Å². The number of benzene rings is 1. The zero-order valence-electron chi connectivity index (χ0n) is 10.1. The Labute approximate surface area is 107 Å². The summed E-state index contributed by atoms with van der Waals surface area (Å²) in [7, 11) is -2.05. The number of hydrogen-bond donors (Lipinski definition) is 3. The largest absolute Gasteiger partial charge is 0.377 e. The summed E-state index contributed by atoms with van der Waals surface area (Å²) >= 11 is 0. The van der Waals surface area contributed by atoms with Crippen molar-refractivity contribution in [3.05, 3.63) is 24.3 Å². The first-order valence-electron chi connectivity index (χ1n) is 5.67. The highest BCUT2D eigenvalue weighted by atomic mass is 32.2. The molecule has 0 unspecified atom stereocenters. The van der Waals surface area contributed by atoms with Gasteiger partial charge in [-0.15, -0.1) is 0 Å². The van der Waals surface area contributed by atoms with Gasteiger partial charge in [-0.05, 0) is 19.2 Å². The minimum absolute atomic E-state index is 0.242. The lowest BCUT2D eigenvalue weighted by molar-refractivity contribution is 0.588. The van der Waals surface area contributed by atoms with Crippen molar-refractivity contribution in [2.24, 2.45) is 4.99 Å². The van der Waals surface area contributed by atoms with Gasteiger partial charge in [-0.2, -0.15) is 0 Å². The Kier molecular flexibility index (Phi) is 3.83. The van der Waals surface area contributed by atoms with E-state index in [9.17, 15) is 8.42 Å². The molecular formula is C11H16N4O2S. The Bertz CT molecular complexity index is 554. The second kappa shape index (κ2) is 5.36. The lowest BCUT2D eigenvalue weighted by atomic mass is 10.3. The summed E-state index contributed by atoms with van der Waals surface area (Å²) in [5, 5.41) is 6.20. The molecule has 1 aromatic rings. The topological polar surface area (TPSA) is 82.6 Å². The van der Waals surface area contributed by atoms with Gasteiger partial charge in [0.2, 0.25) is 10.0 Å². The van der Waals surface area contributed by atoms with E-state index in [-0.39, 0.29) is 4.90 Å². The monoisotopic (exact) mass is 268 g/mol. The van der Waals surface area contributed by atoms with Crippen molar-refractivity contribution >= 4 is 21.5 Å². The number of para-hydroxylation sites is 1. The minimum atomic E-state index is -3.45. The first-order valence-corrected chi connectivity index (χ1v) is 7.15. The van der Waals surface area contributed by atoms with E-state index in [2.05, 4.69) is 20.3 Å². The Hall–Kier alpha value is -1.60. The van der Waals surface area contributed by atoms with Gasteiger partial charge in [0.1, 0.15) is 10.7 Å². The molecule has 0 amide bonds. The highest BCUT2D eigenvalue weighted by Gasteiger charge is 2.16. The molecule has 0 saturated heterocycles. The third kappa shape index (κ3) is 2.80. The normalized spacial score (nSPS) is 15.1. The molecular weight excluding hydrogens is 252 g/mol. The molecule has 0 bridgehead atoms. The van der Waals surface area contributed by atoms with Crippen molar-refractivity contribution in [3.8, 4) is 0 Å². The number of sulfonamides is 1. The van der Waals surface area contributed by atoms with Gasteiger partial charge in [-0.3, -0.25) is 4.99 Å². The molecule has 0 radical (unpaired) electrons. The van der Waals surface area contributed by atoms with E-state index in [1.54, 1.807) is 24.3 Å². The average Bonchev–Trinajstić information content (AvgIpc) is 2.90. The van der Waals surface area contributed by atoms with Crippen LogP contribution in [0.15, 0.2) is 34.2 Å². The molecule has 3 N–H and O–H groups in total. The summed E-state index contributed by atoms with van der Waals surface area (Å²) in [6.45, 7) is 2.11. The summed E-state index contributed by atoms with van der Waals surface area (Å²) in [6.07, 6.45) is 0. The molecule has 0 fully saturated rings. The summed E-state index contributed by atoms with van der Waals surface area (Å²) in [6, 6.07) is 6.79. The summed E-state index contributed by atoms with van der Waals surface area (Å²) in [5.74, 6) is 0.853. The Morgan fingerprint density at radius 2 is 2.17 bits per heavy atom. The summed E-state index contributed by atoms with van der Waals surface area (Å²) in [4.78, 5) is 4.48. The van der Waals surface area contributed by atoms with E-state index in [1.807, 2.05) is 0 Å². The molecule has 6 nitrogen and oxygen atoms in total. The van der Waals surface area contributed by atoms with Crippen molar-refractivity contribution in [2.45, 2.75) is 4.90 Å². The van der Waals surface area contributed by atoms with Gasteiger partial charge >= 0.3 is 0 Å². The summed E-state index contributed by atoms with van der Waals surface area (Å²) < 4.78 is 26.0. The molecule has 7 heteroatoms. The standard InChI is InChI=1S/C11H16N4O2S/c1-12-18(16,17)10-5-3-2-4-9(10)15-8-11-13-6-7-14-11/h2-5,12,15H,6-8H2,1H3,(H,13,14). The van der Waals surface area contributed by atoms with Crippen LogP contribution >= 0.6 is 0 Å². The molecule has 0 aliphatic carbocycles. The van der Waals surface area contributed by atoms with E-state index in [0.717, 1.165) is 18.9 Å². The molecule has 0 saturated carbocycles. The van der Waals surface area contributed by atoms with E-state index in [0.29, 0.717) is 12.2 Å². The van der Waals surface area contributed by atoms with Crippen molar-refractivity contribution in [1.82, 2.24) is 10.0 Å². The van der Waals surface area contributed by atoms with Gasteiger partial charge in [-0.25, -0.2) is 13.1 Å². The van der Waals surface area contributed by atoms with E-state index >= 15 is 0 Å². The molecule has 0 aromatic heterocycles. The van der Waals surface area contributed by atoms with Crippen LogP contribution in [0, 0.1) is 0 Å². The lowest BCUT2D eigenvalue weighted by Crippen LogP contribution is -2.27. The van der Waals surface area contributed by atoms with E-state index in [4.69, 9.17) is 0 Å². The fourth-order valence-corrected chi connectivity index (χ4v) is 2.61. The van der Waals surface area contributed by atoms with Crippen molar-refractivity contribution in [2.75, 3.05) is 32.0 Å². The van der Waals surface area contributed by atoms with Gasteiger partial charge in [0.15, 0.2) is 0 Å². The first kappa shape index (κ1) is 12.8. The highest BCUT2D eigenvalue weighted by molar-refractivity contribution is 7.89. The third-order valence-electron chi connectivity index (χ3n) is 2.64. The van der Waals surface area contributed by atoms with Crippen molar-refractivity contribution < 1.29 is 8.42 Å². The Morgan fingerprint density at radius 3 is 2.83 bits per heavy atom. The van der Waals surface area contributed by atoms with Gasteiger partial charge in [0.05, 0.1) is 18.8 Å². The van der Waals surface area contributed by atoms with Crippen LogP contribution in [-0.2, 0) is 10.0 Å². The second-order valence-corrected chi connectivity index (χ2v) is 5.67. The maximum Gasteiger partial charge on any atom is 0.242 e. The molecule has 0 atom stereocenters. The molecule has 1 aliphatic heterocycles. The number of nitrogens with one attached hydrogen (secondary N) is 3. The summed E-state index contributed by atoms with van der Waals surface area (Å²) in [5.41, 5.74) is 0.572. The number of nitrogens with zero attached hydrogens (tertiary/aromatic N) is 1.